The number of Topliss-reactive ketones (excluding diaryl/α,β-unsaturated/α-hetero) is 2. The number of carbonyl (C=O) groups is 3. The fourth-order valence-corrected chi connectivity index (χ4v) is 3.05. The van der Waals surface area contributed by atoms with Gasteiger partial charge in [-0.1, -0.05) is 20.8 Å². The van der Waals surface area contributed by atoms with Crippen LogP contribution in [0.3, 0.4) is 0 Å². The van der Waals surface area contributed by atoms with Crippen LogP contribution in [0.2, 0.25) is 0 Å². The first-order chi connectivity index (χ1) is 9.13. The molecule has 0 aromatic heterocycles. The molecule has 0 unspecified atom stereocenters. The Bertz CT molecular complexity index is 395. The van der Waals surface area contributed by atoms with Gasteiger partial charge in [-0.3, -0.25) is 9.59 Å². The van der Waals surface area contributed by atoms with Crippen LogP contribution in [-0.2, 0) is 19.1 Å². The zero-order valence-electron chi connectivity index (χ0n) is 13.2. The molecule has 0 N–H and O–H groups in total. The number of carbonyl (C=O) groups excluding carboxylic acids is 3. The van der Waals surface area contributed by atoms with Crippen molar-refractivity contribution in [3.8, 4) is 0 Å². The van der Waals surface area contributed by atoms with E-state index in [1.807, 2.05) is 0 Å². The third kappa shape index (κ3) is 3.47. The van der Waals surface area contributed by atoms with Crippen LogP contribution in [0.25, 0.3) is 0 Å². The van der Waals surface area contributed by atoms with Crippen molar-refractivity contribution in [3.05, 3.63) is 0 Å². The van der Waals surface area contributed by atoms with Gasteiger partial charge in [0.15, 0.2) is 0 Å². The van der Waals surface area contributed by atoms with Crippen LogP contribution in [-0.4, -0.2) is 24.6 Å². The molecule has 4 nitrogen and oxygen atoms in total. The maximum atomic E-state index is 12.4. The molecule has 0 saturated heterocycles. The third-order valence-electron chi connectivity index (χ3n) is 4.55. The second-order valence-electron chi connectivity index (χ2n) is 7.00. The van der Waals surface area contributed by atoms with Crippen LogP contribution >= 0.6 is 0 Å². The molecule has 0 heterocycles. The largest absolute Gasteiger partial charge is 0.468 e. The zero-order chi connectivity index (χ0) is 15.6. The summed E-state index contributed by atoms with van der Waals surface area (Å²) in [5, 5.41) is 0. The molecule has 0 aromatic rings. The Hall–Kier alpha value is -1.19. The number of methoxy groups -OCH3 is 1. The van der Waals surface area contributed by atoms with E-state index >= 15 is 0 Å². The van der Waals surface area contributed by atoms with Crippen LogP contribution in [0.5, 0.6) is 0 Å². The van der Waals surface area contributed by atoms with Gasteiger partial charge in [-0.2, -0.15) is 0 Å². The van der Waals surface area contributed by atoms with Gasteiger partial charge in [0.1, 0.15) is 17.0 Å². The lowest BCUT2D eigenvalue weighted by Crippen LogP contribution is -2.47. The summed E-state index contributed by atoms with van der Waals surface area (Å²) in [6, 6.07) is 0. The highest BCUT2D eigenvalue weighted by Crippen LogP contribution is 2.47. The molecule has 0 bridgehead atoms. The molecule has 1 rings (SSSR count). The van der Waals surface area contributed by atoms with Crippen molar-refractivity contribution in [1.29, 1.82) is 0 Å². The maximum Gasteiger partial charge on any atom is 0.319 e. The van der Waals surface area contributed by atoms with Gasteiger partial charge < -0.3 is 9.53 Å². The van der Waals surface area contributed by atoms with Crippen LogP contribution in [0, 0.1) is 16.7 Å². The third-order valence-corrected chi connectivity index (χ3v) is 4.55. The number of rotatable bonds is 4. The van der Waals surface area contributed by atoms with Gasteiger partial charge in [0.2, 0.25) is 0 Å². The smallest absolute Gasteiger partial charge is 0.319 e. The van der Waals surface area contributed by atoms with Gasteiger partial charge in [0, 0.05) is 12.8 Å². The Kier molecular flexibility index (Phi) is 5.11. The predicted molar refractivity (Wildman–Crippen MR) is 76.2 cm³/mol. The molecule has 0 amide bonds. The van der Waals surface area contributed by atoms with E-state index in [0.29, 0.717) is 12.8 Å². The Balaban J connectivity index is 3.07. The van der Waals surface area contributed by atoms with E-state index in [1.54, 1.807) is 0 Å². The topological polar surface area (TPSA) is 60.4 Å². The second-order valence-corrected chi connectivity index (χ2v) is 7.00. The Labute approximate surface area is 121 Å². The van der Waals surface area contributed by atoms with Crippen molar-refractivity contribution in [1.82, 2.24) is 0 Å². The minimum Gasteiger partial charge on any atom is -0.468 e. The van der Waals surface area contributed by atoms with E-state index in [0.717, 1.165) is 6.42 Å². The van der Waals surface area contributed by atoms with Gasteiger partial charge in [-0.15, -0.1) is 0 Å². The van der Waals surface area contributed by atoms with E-state index in [9.17, 15) is 14.4 Å². The van der Waals surface area contributed by atoms with Crippen molar-refractivity contribution in [2.24, 2.45) is 16.7 Å². The van der Waals surface area contributed by atoms with Crippen molar-refractivity contribution >= 4 is 17.5 Å². The molecular formula is C16H26O4. The van der Waals surface area contributed by atoms with Crippen LogP contribution in [0.15, 0.2) is 0 Å². The van der Waals surface area contributed by atoms with E-state index in [1.165, 1.54) is 14.0 Å². The first-order valence-corrected chi connectivity index (χ1v) is 7.24. The van der Waals surface area contributed by atoms with Gasteiger partial charge in [0.05, 0.1) is 7.11 Å². The molecule has 0 aliphatic heterocycles. The number of hydrogen-bond donors (Lipinski definition) is 0. The molecule has 1 fully saturated rings. The maximum absolute atomic E-state index is 12.4. The summed E-state index contributed by atoms with van der Waals surface area (Å²) in [6.45, 7) is 7.86. The van der Waals surface area contributed by atoms with Crippen molar-refractivity contribution in [2.75, 3.05) is 7.11 Å². The highest BCUT2D eigenvalue weighted by molar-refractivity contribution is 6.04. The summed E-state index contributed by atoms with van der Waals surface area (Å²) in [7, 11) is 1.31. The quantitative estimate of drug-likeness (QED) is 0.587. The SMILES string of the molecule is COC(=O)[C@]1(CCC(C)=O)C[C@@H](C(C)(C)C)CCC1=O. The molecule has 114 valence electrons. The fourth-order valence-electron chi connectivity index (χ4n) is 3.05. The van der Waals surface area contributed by atoms with Gasteiger partial charge in [-0.25, -0.2) is 0 Å². The summed E-state index contributed by atoms with van der Waals surface area (Å²) in [4.78, 5) is 35.9. The minimum atomic E-state index is -1.11. The Morgan fingerprint density at radius 3 is 2.40 bits per heavy atom. The van der Waals surface area contributed by atoms with Gasteiger partial charge in [0.25, 0.3) is 0 Å². The molecule has 0 aromatic carbocycles. The summed E-state index contributed by atoms with van der Waals surface area (Å²) < 4.78 is 4.89. The van der Waals surface area contributed by atoms with E-state index < -0.39 is 11.4 Å². The number of esters is 1. The lowest BCUT2D eigenvalue weighted by atomic mass is 9.60. The van der Waals surface area contributed by atoms with E-state index in [4.69, 9.17) is 4.74 Å². The highest BCUT2D eigenvalue weighted by Gasteiger charge is 2.51. The fraction of sp³-hybridized carbons (Fsp3) is 0.812. The standard InChI is InChI=1S/C16H26O4/c1-11(17)8-9-16(14(19)20-5)10-12(15(2,3)4)6-7-13(16)18/h12H,6-10H2,1-5H3/t12-,16+/m0/s1. The molecule has 1 aliphatic carbocycles. The molecule has 0 spiro atoms. The molecule has 1 aliphatic rings. The average Bonchev–Trinajstić information content (AvgIpc) is 2.35. The summed E-state index contributed by atoms with van der Waals surface area (Å²) in [6.07, 6.45) is 2.23. The predicted octanol–water partition coefficient (Wildman–Crippen LogP) is 2.93. The highest BCUT2D eigenvalue weighted by atomic mass is 16.5. The molecule has 4 heteroatoms. The average molecular weight is 282 g/mol. The lowest BCUT2D eigenvalue weighted by molar-refractivity contribution is -0.163. The Morgan fingerprint density at radius 1 is 1.35 bits per heavy atom. The van der Waals surface area contributed by atoms with Crippen LogP contribution in [0.4, 0.5) is 0 Å². The van der Waals surface area contributed by atoms with Crippen molar-refractivity contribution < 1.29 is 19.1 Å². The van der Waals surface area contributed by atoms with Gasteiger partial charge >= 0.3 is 5.97 Å². The monoisotopic (exact) mass is 282 g/mol. The first-order valence-electron chi connectivity index (χ1n) is 7.24. The van der Waals surface area contributed by atoms with Crippen LogP contribution in [0.1, 0.15) is 59.8 Å². The van der Waals surface area contributed by atoms with E-state index in [-0.39, 0.29) is 35.7 Å². The number of ether oxygens (including phenoxy) is 1. The molecule has 2 atom stereocenters. The minimum absolute atomic E-state index is 0.000963. The van der Waals surface area contributed by atoms with Crippen LogP contribution < -0.4 is 0 Å². The second kappa shape index (κ2) is 6.06. The van der Waals surface area contributed by atoms with Crippen molar-refractivity contribution in [3.63, 3.8) is 0 Å². The number of hydrogen-bond acceptors (Lipinski definition) is 4. The Morgan fingerprint density at radius 2 is 1.95 bits per heavy atom. The number of ketones is 2. The summed E-state index contributed by atoms with van der Waals surface area (Å²) in [5.74, 6) is -0.256. The van der Waals surface area contributed by atoms with E-state index in [2.05, 4.69) is 20.8 Å². The first kappa shape index (κ1) is 16.9. The molecule has 0 radical (unpaired) electrons. The molecule has 20 heavy (non-hydrogen) atoms. The molecule has 1 saturated carbocycles. The van der Waals surface area contributed by atoms with Gasteiger partial charge in [-0.05, 0) is 37.5 Å². The summed E-state index contributed by atoms with van der Waals surface area (Å²) in [5.41, 5.74) is -1.08. The van der Waals surface area contributed by atoms with Crippen molar-refractivity contribution in [2.45, 2.75) is 59.8 Å². The normalized spacial score (nSPS) is 27.2. The summed E-state index contributed by atoms with van der Waals surface area (Å²) >= 11 is 0. The molecular weight excluding hydrogens is 256 g/mol. The zero-order valence-corrected chi connectivity index (χ0v) is 13.2. The lowest BCUT2D eigenvalue weighted by Gasteiger charge is -2.42.